The minimum absolute atomic E-state index is 0.210. The van der Waals surface area contributed by atoms with Gasteiger partial charge in [0, 0.05) is 20.1 Å². The number of likely N-dealkylation sites (N-methyl/N-ethyl adjacent to an activating group) is 1. The second kappa shape index (κ2) is 7.09. The fraction of sp³-hybridized carbons (Fsp3) is 0.818. The molecule has 2 amide bonds. The summed E-state index contributed by atoms with van der Waals surface area (Å²) >= 11 is 0. The fourth-order valence-corrected chi connectivity index (χ4v) is 1.63. The molecule has 0 aliphatic rings. The van der Waals surface area contributed by atoms with Crippen LogP contribution in [0.4, 0.5) is 4.79 Å². The van der Waals surface area contributed by atoms with Gasteiger partial charge in [-0.05, 0) is 19.8 Å². The Kier molecular flexibility index (Phi) is 6.53. The number of aliphatic carboxylic acids is 1. The van der Waals surface area contributed by atoms with E-state index in [4.69, 9.17) is 5.11 Å². The number of nitrogens with zero attached hydrogens (tertiary/aromatic N) is 2. The van der Waals surface area contributed by atoms with Gasteiger partial charge in [-0.2, -0.15) is 0 Å². The summed E-state index contributed by atoms with van der Waals surface area (Å²) in [7, 11) is 1.54. The first kappa shape index (κ1) is 14.7. The number of carbonyl (C=O) groups is 2. The number of carbonyl (C=O) groups excluding carboxylic acids is 1. The van der Waals surface area contributed by atoms with Crippen molar-refractivity contribution in [2.45, 2.75) is 39.7 Å². The van der Waals surface area contributed by atoms with Gasteiger partial charge in [-0.3, -0.25) is 0 Å². The van der Waals surface area contributed by atoms with Crippen molar-refractivity contribution in [1.29, 1.82) is 0 Å². The highest BCUT2D eigenvalue weighted by Crippen LogP contribution is 2.06. The van der Waals surface area contributed by atoms with E-state index in [0.717, 1.165) is 6.42 Å². The van der Waals surface area contributed by atoms with E-state index in [1.54, 1.807) is 18.9 Å². The number of urea groups is 1. The van der Waals surface area contributed by atoms with Gasteiger partial charge in [0.1, 0.15) is 6.04 Å². The van der Waals surface area contributed by atoms with E-state index in [-0.39, 0.29) is 6.03 Å². The summed E-state index contributed by atoms with van der Waals surface area (Å²) in [5.41, 5.74) is 0. The molecule has 0 aliphatic carbocycles. The van der Waals surface area contributed by atoms with Gasteiger partial charge in [-0.25, -0.2) is 9.59 Å². The lowest BCUT2D eigenvalue weighted by atomic mass is 10.2. The SMILES string of the molecule is CCCN(CC)C(=O)N(C)C(CC)C(=O)O. The summed E-state index contributed by atoms with van der Waals surface area (Å²) < 4.78 is 0. The molecule has 0 saturated carbocycles. The molecule has 0 aliphatic heterocycles. The van der Waals surface area contributed by atoms with Crippen molar-refractivity contribution in [2.75, 3.05) is 20.1 Å². The third-order valence-corrected chi connectivity index (χ3v) is 2.59. The van der Waals surface area contributed by atoms with E-state index >= 15 is 0 Å². The molecule has 0 spiro atoms. The summed E-state index contributed by atoms with van der Waals surface area (Å²) in [6, 6.07) is -0.947. The molecule has 5 nitrogen and oxygen atoms in total. The van der Waals surface area contributed by atoms with Crippen LogP contribution in [0.5, 0.6) is 0 Å². The molecular formula is C11H22N2O3. The van der Waals surface area contributed by atoms with Crippen LogP contribution in [0.1, 0.15) is 33.6 Å². The van der Waals surface area contributed by atoms with Crippen molar-refractivity contribution in [2.24, 2.45) is 0 Å². The lowest BCUT2D eigenvalue weighted by Crippen LogP contribution is -2.48. The highest BCUT2D eigenvalue weighted by atomic mass is 16.4. The maximum Gasteiger partial charge on any atom is 0.326 e. The Morgan fingerprint density at radius 3 is 2.12 bits per heavy atom. The van der Waals surface area contributed by atoms with Crippen LogP contribution in [-0.4, -0.2) is 53.1 Å². The summed E-state index contributed by atoms with van der Waals surface area (Å²) in [4.78, 5) is 25.9. The highest BCUT2D eigenvalue weighted by Gasteiger charge is 2.27. The first-order valence-electron chi connectivity index (χ1n) is 5.74. The molecule has 0 radical (unpaired) electrons. The first-order chi connectivity index (χ1) is 7.49. The van der Waals surface area contributed by atoms with Crippen molar-refractivity contribution in [3.05, 3.63) is 0 Å². The van der Waals surface area contributed by atoms with Gasteiger partial charge in [0.05, 0.1) is 0 Å². The summed E-state index contributed by atoms with van der Waals surface area (Å²) in [6.45, 7) is 6.91. The molecule has 94 valence electrons. The number of hydrogen-bond donors (Lipinski definition) is 1. The molecule has 1 unspecified atom stereocenters. The van der Waals surface area contributed by atoms with Crippen LogP contribution >= 0.6 is 0 Å². The van der Waals surface area contributed by atoms with Crippen molar-refractivity contribution in [1.82, 2.24) is 9.80 Å². The Hall–Kier alpha value is -1.26. The molecule has 0 aromatic heterocycles. The Morgan fingerprint density at radius 1 is 1.25 bits per heavy atom. The minimum Gasteiger partial charge on any atom is -0.480 e. The van der Waals surface area contributed by atoms with Crippen LogP contribution in [0.2, 0.25) is 0 Å². The maximum atomic E-state index is 12.0. The van der Waals surface area contributed by atoms with Crippen LogP contribution in [0.3, 0.4) is 0 Å². The number of carboxylic acids is 1. The van der Waals surface area contributed by atoms with Gasteiger partial charge in [-0.15, -0.1) is 0 Å². The van der Waals surface area contributed by atoms with E-state index in [1.807, 2.05) is 13.8 Å². The predicted octanol–water partition coefficient (Wildman–Crippen LogP) is 1.63. The Bertz CT molecular complexity index is 243. The normalized spacial score (nSPS) is 12.0. The molecular weight excluding hydrogens is 208 g/mol. The van der Waals surface area contributed by atoms with E-state index in [9.17, 15) is 9.59 Å². The number of hydrogen-bond acceptors (Lipinski definition) is 2. The van der Waals surface area contributed by atoms with Gasteiger partial charge in [-0.1, -0.05) is 13.8 Å². The Labute approximate surface area is 97.0 Å². The third-order valence-electron chi connectivity index (χ3n) is 2.59. The maximum absolute atomic E-state index is 12.0. The van der Waals surface area contributed by atoms with E-state index in [1.165, 1.54) is 4.90 Å². The molecule has 16 heavy (non-hydrogen) atoms. The Morgan fingerprint density at radius 2 is 1.81 bits per heavy atom. The van der Waals surface area contributed by atoms with Crippen molar-refractivity contribution in [3.8, 4) is 0 Å². The van der Waals surface area contributed by atoms with E-state index in [0.29, 0.717) is 19.5 Å². The first-order valence-corrected chi connectivity index (χ1v) is 5.74. The van der Waals surface area contributed by atoms with Gasteiger partial charge < -0.3 is 14.9 Å². The molecule has 1 N–H and O–H groups in total. The van der Waals surface area contributed by atoms with Crippen LogP contribution in [0, 0.1) is 0 Å². The summed E-state index contributed by atoms with van der Waals surface area (Å²) in [6.07, 6.45) is 1.29. The van der Waals surface area contributed by atoms with Crippen molar-refractivity contribution in [3.63, 3.8) is 0 Å². The molecule has 0 heterocycles. The van der Waals surface area contributed by atoms with Crippen molar-refractivity contribution < 1.29 is 14.7 Å². The smallest absolute Gasteiger partial charge is 0.326 e. The monoisotopic (exact) mass is 230 g/mol. The van der Waals surface area contributed by atoms with Crippen LogP contribution in [0.25, 0.3) is 0 Å². The van der Waals surface area contributed by atoms with Crippen LogP contribution in [0.15, 0.2) is 0 Å². The zero-order chi connectivity index (χ0) is 12.7. The molecule has 0 rings (SSSR count). The topological polar surface area (TPSA) is 60.9 Å². The molecule has 0 aromatic carbocycles. The fourth-order valence-electron chi connectivity index (χ4n) is 1.63. The zero-order valence-electron chi connectivity index (χ0n) is 10.6. The Balaban J connectivity index is 4.61. The van der Waals surface area contributed by atoms with Gasteiger partial charge >= 0.3 is 12.0 Å². The molecule has 0 aromatic rings. The quantitative estimate of drug-likeness (QED) is 0.754. The van der Waals surface area contributed by atoms with Crippen LogP contribution < -0.4 is 0 Å². The zero-order valence-corrected chi connectivity index (χ0v) is 10.6. The summed E-state index contributed by atoms with van der Waals surface area (Å²) in [5.74, 6) is -0.953. The third kappa shape index (κ3) is 3.72. The second-order valence-electron chi connectivity index (χ2n) is 3.74. The highest BCUT2D eigenvalue weighted by molar-refractivity contribution is 5.82. The molecule has 1 atom stereocenters. The van der Waals surface area contributed by atoms with Crippen LogP contribution in [-0.2, 0) is 4.79 Å². The average Bonchev–Trinajstić information content (AvgIpc) is 2.25. The number of rotatable bonds is 6. The molecule has 0 saturated heterocycles. The van der Waals surface area contributed by atoms with E-state index in [2.05, 4.69) is 0 Å². The summed E-state index contributed by atoms with van der Waals surface area (Å²) in [5, 5.41) is 8.96. The number of amides is 2. The lowest BCUT2D eigenvalue weighted by molar-refractivity contribution is -0.142. The predicted molar refractivity (Wildman–Crippen MR) is 62.4 cm³/mol. The molecule has 0 fully saturated rings. The molecule has 0 bridgehead atoms. The number of carboxylic acid groups (broad SMARTS) is 1. The second-order valence-corrected chi connectivity index (χ2v) is 3.74. The van der Waals surface area contributed by atoms with Crippen molar-refractivity contribution >= 4 is 12.0 Å². The van der Waals surface area contributed by atoms with Gasteiger partial charge in [0.15, 0.2) is 0 Å². The van der Waals surface area contributed by atoms with Gasteiger partial charge in [0.2, 0.25) is 0 Å². The van der Waals surface area contributed by atoms with Gasteiger partial charge in [0.25, 0.3) is 0 Å². The van der Waals surface area contributed by atoms with E-state index < -0.39 is 12.0 Å². The average molecular weight is 230 g/mol. The molecule has 5 heteroatoms. The lowest BCUT2D eigenvalue weighted by Gasteiger charge is -2.30. The minimum atomic E-state index is -0.953. The largest absolute Gasteiger partial charge is 0.480 e. The standard InChI is InChI=1S/C11H22N2O3/c1-5-8-13(7-3)11(16)12(4)9(6-2)10(14)15/h9H,5-8H2,1-4H3,(H,14,15).